The average molecular weight is 480 g/mol. The summed E-state index contributed by atoms with van der Waals surface area (Å²) in [6, 6.07) is 0. The molecular weight excluding hydrogens is 450 g/mol. The fourth-order valence-electron chi connectivity index (χ4n) is 6.92. The van der Waals surface area contributed by atoms with Crippen LogP contribution in [0.2, 0.25) is 0 Å². The summed E-state index contributed by atoms with van der Waals surface area (Å²) in [4.78, 5) is 24.8. The van der Waals surface area contributed by atoms with E-state index < -0.39 is 34.3 Å². The zero-order valence-corrected chi connectivity index (χ0v) is 18.6. The van der Waals surface area contributed by atoms with E-state index in [4.69, 9.17) is 9.47 Å². The summed E-state index contributed by atoms with van der Waals surface area (Å²) in [7, 11) is 0. The molecule has 0 aromatic rings. The van der Waals surface area contributed by atoms with Crippen molar-refractivity contribution in [1.82, 2.24) is 0 Å². The molecule has 0 aliphatic heterocycles. The first kappa shape index (κ1) is 24.1. The molecule has 5 saturated carbocycles. The Morgan fingerprint density at radius 1 is 1.09 bits per heavy atom. The van der Waals surface area contributed by atoms with E-state index in [0.29, 0.717) is 31.1 Å². The van der Waals surface area contributed by atoms with Crippen LogP contribution in [-0.4, -0.2) is 41.1 Å². The molecule has 0 saturated heterocycles. The highest BCUT2D eigenvalue weighted by molar-refractivity contribution is 7.96. The molecule has 0 heterocycles. The topological polar surface area (TPSA) is 114 Å². The fourth-order valence-corrected chi connectivity index (χ4v) is 7.16. The summed E-state index contributed by atoms with van der Waals surface area (Å²) in [5.74, 6) is -1.30. The quantitative estimate of drug-likeness (QED) is 0.231. The zero-order valence-electron chi connectivity index (χ0n) is 17.8. The molecule has 1 N–H and O–H groups in total. The Labute approximate surface area is 189 Å². The van der Waals surface area contributed by atoms with Crippen molar-refractivity contribution in [2.24, 2.45) is 29.1 Å². The number of hydrogen-bond donors (Lipinski definition) is 1. The minimum absolute atomic E-state index is 0.143. The molecule has 4 bridgehead atoms. The van der Waals surface area contributed by atoms with E-state index in [2.05, 4.69) is 9.37 Å². The Kier molecular flexibility index (Phi) is 7.03. The monoisotopic (exact) mass is 479 g/mol. The van der Waals surface area contributed by atoms with Crippen LogP contribution in [0.5, 0.6) is 0 Å². The number of carbonyl (C=O) groups is 2. The smallest absolute Gasteiger partial charge is 0.415 e. The summed E-state index contributed by atoms with van der Waals surface area (Å²) in [5.41, 5.74) is -1.12. The van der Waals surface area contributed by atoms with Gasteiger partial charge in [-0.05, 0) is 82.0 Å². The maximum absolute atomic E-state index is 13.7. The maximum Gasteiger partial charge on any atom is 0.415 e. The van der Waals surface area contributed by atoms with Crippen molar-refractivity contribution in [3.63, 3.8) is 0 Å². The van der Waals surface area contributed by atoms with E-state index in [0.717, 1.165) is 44.9 Å². The van der Waals surface area contributed by atoms with Crippen molar-refractivity contribution in [1.29, 1.82) is 0 Å². The lowest BCUT2D eigenvalue weighted by Crippen LogP contribution is -2.59. The second-order valence-electron chi connectivity index (χ2n) is 10.3. The first-order valence-corrected chi connectivity index (χ1v) is 12.0. The van der Waals surface area contributed by atoms with E-state index in [-0.39, 0.29) is 31.0 Å². The van der Waals surface area contributed by atoms with Gasteiger partial charge < -0.3 is 19.8 Å². The summed E-state index contributed by atoms with van der Waals surface area (Å²) in [5, 5.41) is 17.9. The van der Waals surface area contributed by atoms with Crippen LogP contribution in [0.25, 0.3) is 0 Å². The van der Waals surface area contributed by atoms with Crippen LogP contribution < -0.4 is 5.26 Å². The van der Waals surface area contributed by atoms with Crippen LogP contribution in [0, 0.1) is 29.1 Å². The van der Waals surface area contributed by atoms with E-state index >= 15 is 0 Å². The van der Waals surface area contributed by atoms with Gasteiger partial charge >= 0.3 is 17.2 Å². The SMILES string of the molecule is O=C(OC12CC3CC(CC(COC(=O)C(F)(F)SOO[O-])(C3)C1)C2)C1CCC(CO)CC1. The molecule has 5 fully saturated rings. The summed E-state index contributed by atoms with van der Waals surface area (Å²) >= 11 is -0.699. The number of aliphatic hydroxyl groups excluding tert-OH is 1. The number of ether oxygens (including phenoxy) is 2. The van der Waals surface area contributed by atoms with Crippen molar-refractivity contribution >= 4 is 24.0 Å². The van der Waals surface area contributed by atoms with Gasteiger partial charge in [0, 0.05) is 12.0 Å². The van der Waals surface area contributed by atoms with E-state index in [1.54, 1.807) is 0 Å². The molecular formula is C21H29F2O8S-. The van der Waals surface area contributed by atoms with Crippen molar-refractivity contribution in [3.05, 3.63) is 0 Å². The van der Waals surface area contributed by atoms with Gasteiger partial charge in [0.2, 0.25) is 0 Å². The molecule has 0 aromatic heterocycles. The zero-order chi connectivity index (χ0) is 23.0. The average Bonchev–Trinajstić information content (AvgIpc) is 2.75. The van der Waals surface area contributed by atoms with Gasteiger partial charge in [0.1, 0.15) is 17.6 Å². The molecule has 0 spiro atoms. The molecule has 8 nitrogen and oxygen atoms in total. The number of hydrogen-bond acceptors (Lipinski definition) is 9. The van der Waals surface area contributed by atoms with Gasteiger partial charge in [-0.1, -0.05) is 0 Å². The predicted molar refractivity (Wildman–Crippen MR) is 104 cm³/mol. The molecule has 5 aliphatic rings. The van der Waals surface area contributed by atoms with Gasteiger partial charge in [0.25, 0.3) is 0 Å². The highest BCUT2D eigenvalue weighted by atomic mass is 32.2. The van der Waals surface area contributed by atoms with Gasteiger partial charge in [-0.2, -0.15) is 13.1 Å². The predicted octanol–water partition coefficient (Wildman–Crippen LogP) is 2.68. The van der Waals surface area contributed by atoms with Crippen LogP contribution in [-0.2, 0) is 28.4 Å². The van der Waals surface area contributed by atoms with Gasteiger partial charge in [-0.3, -0.25) is 9.83 Å². The Morgan fingerprint density at radius 2 is 1.75 bits per heavy atom. The summed E-state index contributed by atoms with van der Waals surface area (Å²) in [6.07, 6.45) is 7.55. The van der Waals surface area contributed by atoms with Crippen molar-refractivity contribution in [2.45, 2.75) is 75.1 Å². The van der Waals surface area contributed by atoms with Gasteiger partial charge in [-0.15, -0.1) is 0 Å². The minimum atomic E-state index is -4.07. The normalized spacial score (nSPS) is 38.5. The van der Waals surface area contributed by atoms with Crippen molar-refractivity contribution in [2.75, 3.05) is 13.2 Å². The summed E-state index contributed by atoms with van der Waals surface area (Å²) < 4.78 is 42.2. The second-order valence-corrected chi connectivity index (χ2v) is 11.1. The van der Waals surface area contributed by atoms with E-state index in [1.807, 2.05) is 0 Å². The molecule has 0 aromatic carbocycles. The third-order valence-electron chi connectivity index (χ3n) is 7.80. The molecule has 2 atom stereocenters. The van der Waals surface area contributed by atoms with Crippen molar-refractivity contribution in [3.8, 4) is 0 Å². The van der Waals surface area contributed by atoms with Crippen LogP contribution in [0.4, 0.5) is 8.78 Å². The Hall–Kier alpha value is -1.01. The molecule has 11 heteroatoms. The molecule has 182 valence electrons. The van der Waals surface area contributed by atoms with Crippen LogP contribution >= 0.6 is 12.0 Å². The van der Waals surface area contributed by atoms with Crippen LogP contribution in [0.15, 0.2) is 0 Å². The number of rotatable bonds is 9. The Bertz CT molecular complexity index is 698. The second kappa shape index (κ2) is 9.32. The third-order valence-corrected chi connectivity index (χ3v) is 8.30. The molecule has 0 amide bonds. The lowest BCUT2D eigenvalue weighted by Gasteiger charge is -2.61. The van der Waals surface area contributed by atoms with Crippen molar-refractivity contribution < 1.29 is 47.6 Å². The number of aliphatic hydroxyl groups is 1. The minimum Gasteiger partial charge on any atom is -0.691 e. The molecule has 2 unspecified atom stereocenters. The Morgan fingerprint density at radius 3 is 2.34 bits per heavy atom. The highest BCUT2D eigenvalue weighted by Crippen LogP contribution is 2.63. The Balaban J connectivity index is 1.38. The third kappa shape index (κ3) is 5.06. The molecule has 5 aliphatic carbocycles. The fraction of sp³-hybridized carbons (Fsp3) is 0.905. The lowest BCUT2D eigenvalue weighted by atomic mass is 9.48. The molecule has 0 radical (unpaired) electrons. The number of alkyl halides is 2. The van der Waals surface area contributed by atoms with Crippen LogP contribution in [0.1, 0.15) is 64.2 Å². The molecule has 5 rings (SSSR count). The standard InChI is InChI=1S/C21H30F2O8S/c22-21(23,32-31-30-27)18(26)28-12-19-6-14-5-15(7-19)9-20(8-14,11-19)29-17(25)16-3-1-13(10-24)2-4-16/h13-16,24,27H,1-12H2/p-1. The number of carbonyl (C=O) groups excluding carboxylic acids is 2. The van der Waals surface area contributed by atoms with Gasteiger partial charge in [-0.25, -0.2) is 4.79 Å². The maximum atomic E-state index is 13.7. The van der Waals surface area contributed by atoms with Gasteiger partial charge in [0.15, 0.2) is 0 Å². The first-order valence-electron chi connectivity index (χ1n) is 11.2. The number of halogens is 2. The van der Waals surface area contributed by atoms with Crippen LogP contribution in [0.3, 0.4) is 0 Å². The lowest BCUT2D eigenvalue weighted by molar-refractivity contribution is -0.777. The van der Waals surface area contributed by atoms with E-state index in [9.17, 15) is 28.7 Å². The summed E-state index contributed by atoms with van der Waals surface area (Å²) in [6.45, 7) is -0.0436. The number of esters is 2. The van der Waals surface area contributed by atoms with E-state index in [1.165, 1.54) is 0 Å². The highest BCUT2D eigenvalue weighted by Gasteiger charge is 2.60. The van der Waals surface area contributed by atoms with Gasteiger partial charge in [0.05, 0.1) is 12.5 Å². The molecule has 32 heavy (non-hydrogen) atoms. The first-order chi connectivity index (χ1) is 15.2. The largest absolute Gasteiger partial charge is 0.691 e.